The maximum absolute atomic E-state index is 2.57. The molecule has 2 aliphatic carbocycles. The quantitative estimate of drug-likeness (QED) is 0.254. The molecule has 0 radical (unpaired) electrons. The summed E-state index contributed by atoms with van der Waals surface area (Å²) in [5, 5.41) is 0. The van der Waals surface area contributed by atoms with Crippen molar-refractivity contribution in [3.8, 4) is 0 Å². The minimum absolute atomic E-state index is 0.817. The van der Waals surface area contributed by atoms with Crippen LogP contribution in [-0.4, -0.2) is 0 Å². The van der Waals surface area contributed by atoms with Gasteiger partial charge in [-0.3, -0.25) is 0 Å². The molecule has 0 nitrogen and oxygen atoms in total. The normalized spacial score (nSPS) is 23.8. The molecule has 0 heteroatoms. The van der Waals surface area contributed by atoms with E-state index in [0.29, 0.717) is 0 Å². The number of unbranched alkanes of at least 4 members (excludes halogenated alkanes) is 8. The van der Waals surface area contributed by atoms with Crippen LogP contribution in [0.5, 0.6) is 0 Å². The lowest BCUT2D eigenvalue weighted by atomic mass is 9.76. The van der Waals surface area contributed by atoms with E-state index in [1.807, 2.05) is 0 Å². The fraction of sp³-hybridized carbons (Fsp3) is 0.750. The Balaban J connectivity index is 1.36. The van der Waals surface area contributed by atoms with Crippen molar-refractivity contribution in [2.24, 2.45) is 11.8 Å². The standard InChI is InChI=1S/C32H52/c1-3-5-7-9-10-12-14-28-17-21-30(22-18-28)32-25-23-31(24-26-32)29-19-15-27(16-20-29)13-11-8-6-4-2/h19,23-28,30H,3-18,20-22H2,1-2H3. The van der Waals surface area contributed by atoms with Gasteiger partial charge in [0.1, 0.15) is 0 Å². The van der Waals surface area contributed by atoms with Gasteiger partial charge in [0, 0.05) is 0 Å². The molecule has 0 bridgehead atoms. The number of rotatable bonds is 14. The Kier molecular flexibility index (Phi) is 12.0. The van der Waals surface area contributed by atoms with Gasteiger partial charge in [0.2, 0.25) is 0 Å². The molecule has 0 amide bonds. The zero-order chi connectivity index (χ0) is 22.4. The molecule has 1 saturated carbocycles. The summed E-state index contributed by atoms with van der Waals surface area (Å²) >= 11 is 0. The first kappa shape index (κ1) is 25.6. The minimum atomic E-state index is 0.817. The third-order valence-corrected chi connectivity index (χ3v) is 8.55. The van der Waals surface area contributed by atoms with Crippen LogP contribution in [0.1, 0.15) is 153 Å². The molecular weight excluding hydrogens is 384 g/mol. The lowest BCUT2D eigenvalue weighted by molar-refractivity contribution is 0.302. The average Bonchev–Trinajstić information content (AvgIpc) is 2.85. The topological polar surface area (TPSA) is 0 Å². The van der Waals surface area contributed by atoms with Crippen molar-refractivity contribution < 1.29 is 0 Å². The molecule has 2 aliphatic rings. The second-order valence-electron chi connectivity index (χ2n) is 11.1. The second-order valence-corrected chi connectivity index (χ2v) is 11.1. The fourth-order valence-electron chi connectivity index (χ4n) is 6.24. The Bertz CT molecular complexity index is 629. The Labute approximate surface area is 200 Å². The minimum Gasteiger partial charge on any atom is -0.0804 e. The van der Waals surface area contributed by atoms with Crippen molar-refractivity contribution in [1.29, 1.82) is 0 Å². The summed E-state index contributed by atoms with van der Waals surface area (Å²) in [4.78, 5) is 0. The lowest BCUT2D eigenvalue weighted by Gasteiger charge is -2.29. The number of benzene rings is 1. The summed E-state index contributed by atoms with van der Waals surface area (Å²) in [5.41, 5.74) is 4.72. The molecular formula is C32H52. The van der Waals surface area contributed by atoms with Crippen LogP contribution in [0.15, 0.2) is 30.3 Å². The molecule has 180 valence electrons. The highest BCUT2D eigenvalue weighted by Crippen LogP contribution is 2.39. The molecule has 0 aromatic heterocycles. The fourth-order valence-corrected chi connectivity index (χ4v) is 6.24. The van der Waals surface area contributed by atoms with E-state index < -0.39 is 0 Å². The summed E-state index contributed by atoms with van der Waals surface area (Å²) in [7, 11) is 0. The lowest BCUT2D eigenvalue weighted by Crippen LogP contribution is -2.13. The first-order valence-corrected chi connectivity index (χ1v) is 14.6. The first-order valence-electron chi connectivity index (χ1n) is 14.6. The molecule has 0 heterocycles. The summed E-state index contributed by atoms with van der Waals surface area (Å²) in [6.45, 7) is 4.62. The van der Waals surface area contributed by atoms with Gasteiger partial charge < -0.3 is 0 Å². The molecule has 0 N–H and O–H groups in total. The van der Waals surface area contributed by atoms with Crippen LogP contribution in [0.4, 0.5) is 0 Å². The highest BCUT2D eigenvalue weighted by Gasteiger charge is 2.22. The van der Waals surface area contributed by atoms with Crippen molar-refractivity contribution in [1.82, 2.24) is 0 Å². The summed E-state index contributed by atoms with van der Waals surface area (Å²) in [6, 6.07) is 9.80. The van der Waals surface area contributed by atoms with Gasteiger partial charge in [-0.1, -0.05) is 121 Å². The predicted octanol–water partition coefficient (Wildman–Crippen LogP) is 10.9. The van der Waals surface area contributed by atoms with Crippen LogP contribution in [0.3, 0.4) is 0 Å². The third-order valence-electron chi connectivity index (χ3n) is 8.55. The Hall–Kier alpha value is -1.04. The first-order chi connectivity index (χ1) is 15.8. The summed E-state index contributed by atoms with van der Waals surface area (Å²) in [6.07, 6.45) is 29.6. The molecule has 1 aromatic rings. The average molecular weight is 437 g/mol. The molecule has 1 unspecified atom stereocenters. The molecule has 32 heavy (non-hydrogen) atoms. The van der Waals surface area contributed by atoms with Crippen molar-refractivity contribution in [3.05, 3.63) is 41.5 Å². The van der Waals surface area contributed by atoms with E-state index in [9.17, 15) is 0 Å². The molecule has 0 aliphatic heterocycles. The highest BCUT2D eigenvalue weighted by molar-refractivity contribution is 5.66. The predicted molar refractivity (Wildman–Crippen MR) is 143 cm³/mol. The van der Waals surface area contributed by atoms with E-state index in [-0.39, 0.29) is 0 Å². The van der Waals surface area contributed by atoms with Crippen molar-refractivity contribution >= 4 is 5.57 Å². The molecule has 3 rings (SSSR count). The monoisotopic (exact) mass is 436 g/mol. The number of hydrogen-bond donors (Lipinski definition) is 0. The molecule has 1 fully saturated rings. The molecule has 0 spiro atoms. The van der Waals surface area contributed by atoms with Gasteiger partial charge in [-0.15, -0.1) is 0 Å². The van der Waals surface area contributed by atoms with Gasteiger partial charge >= 0.3 is 0 Å². The summed E-state index contributed by atoms with van der Waals surface area (Å²) < 4.78 is 0. The maximum Gasteiger partial charge on any atom is -0.0162 e. The molecule has 0 saturated heterocycles. The van der Waals surface area contributed by atoms with E-state index >= 15 is 0 Å². The van der Waals surface area contributed by atoms with Gasteiger partial charge in [0.05, 0.1) is 0 Å². The van der Waals surface area contributed by atoms with E-state index in [4.69, 9.17) is 0 Å². The van der Waals surface area contributed by atoms with Gasteiger partial charge in [-0.05, 0) is 79.4 Å². The Morgan fingerprint density at radius 1 is 0.625 bits per heavy atom. The van der Waals surface area contributed by atoms with E-state index in [1.165, 1.54) is 128 Å². The SMILES string of the molecule is CCCCCCCCC1CCC(c2ccc(C3=CCC(CCCCCC)CC3)cc2)CC1. The number of hydrogen-bond acceptors (Lipinski definition) is 0. The smallest absolute Gasteiger partial charge is 0.0162 e. The van der Waals surface area contributed by atoms with Gasteiger partial charge in [0.25, 0.3) is 0 Å². The van der Waals surface area contributed by atoms with Crippen molar-refractivity contribution in [3.63, 3.8) is 0 Å². The third kappa shape index (κ3) is 8.72. The van der Waals surface area contributed by atoms with Crippen molar-refractivity contribution in [2.45, 2.75) is 142 Å². The molecule has 1 atom stereocenters. The van der Waals surface area contributed by atoms with Gasteiger partial charge in [0.15, 0.2) is 0 Å². The van der Waals surface area contributed by atoms with Crippen LogP contribution >= 0.6 is 0 Å². The second kappa shape index (κ2) is 15.0. The van der Waals surface area contributed by atoms with Crippen LogP contribution in [0.25, 0.3) is 5.57 Å². The van der Waals surface area contributed by atoms with Crippen molar-refractivity contribution in [2.75, 3.05) is 0 Å². The molecule has 1 aromatic carbocycles. The van der Waals surface area contributed by atoms with Gasteiger partial charge in [-0.25, -0.2) is 0 Å². The zero-order valence-corrected chi connectivity index (χ0v) is 21.6. The maximum atomic E-state index is 2.57. The zero-order valence-electron chi connectivity index (χ0n) is 21.6. The largest absolute Gasteiger partial charge is 0.0804 e. The van der Waals surface area contributed by atoms with Crippen LogP contribution in [0.2, 0.25) is 0 Å². The van der Waals surface area contributed by atoms with Crippen LogP contribution < -0.4 is 0 Å². The number of allylic oxidation sites excluding steroid dienone is 2. The Morgan fingerprint density at radius 2 is 1.22 bits per heavy atom. The van der Waals surface area contributed by atoms with E-state index in [1.54, 1.807) is 11.1 Å². The van der Waals surface area contributed by atoms with Crippen LogP contribution in [0, 0.1) is 11.8 Å². The van der Waals surface area contributed by atoms with E-state index in [0.717, 1.165) is 17.8 Å². The summed E-state index contributed by atoms with van der Waals surface area (Å²) in [5.74, 6) is 2.78. The van der Waals surface area contributed by atoms with E-state index in [2.05, 4.69) is 44.2 Å². The van der Waals surface area contributed by atoms with Crippen LogP contribution in [-0.2, 0) is 0 Å². The highest BCUT2D eigenvalue weighted by atomic mass is 14.3. The van der Waals surface area contributed by atoms with Gasteiger partial charge in [-0.2, -0.15) is 0 Å². The Morgan fingerprint density at radius 3 is 1.84 bits per heavy atom.